The molecule has 3 aromatic carbocycles. The topological polar surface area (TPSA) is 174 Å². The molecule has 6 aliphatic heterocycles. The Hall–Kier alpha value is -5.99. The molecule has 7 heterocycles. The zero-order valence-corrected chi connectivity index (χ0v) is 43.3. The maximum atomic E-state index is 14.5. The highest BCUT2D eigenvalue weighted by molar-refractivity contribution is 5.88. The van der Waals surface area contributed by atoms with Crippen LogP contribution in [-0.2, 0) is 59.0 Å². The molecule has 15 heteroatoms. The molecule has 1 aromatic heterocycles. The number of nitrogens with zero attached hydrogens (tertiary/aromatic N) is 4. The van der Waals surface area contributed by atoms with Gasteiger partial charge in [-0.05, 0) is 129 Å². The lowest BCUT2D eigenvalue weighted by Gasteiger charge is -2.63. The maximum absolute atomic E-state index is 14.5. The minimum atomic E-state index is -2.19. The fraction of sp³-hybridized carbons (Fsp3) is 0.544. The Morgan fingerprint density at radius 3 is 2.38 bits per heavy atom. The van der Waals surface area contributed by atoms with Crippen LogP contribution in [0.25, 0.3) is 10.9 Å². The van der Waals surface area contributed by atoms with E-state index in [9.17, 15) is 19.5 Å². The number of aromatic amines is 1. The van der Waals surface area contributed by atoms with Crippen molar-refractivity contribution >= 4 is 40.7 Å². The summed E-state index contributed by atoms with van der Waals surface area (Å²) in [4.78, 5) is 71.6. The number of aromatic nitrogens is 1. The first-order valence-electron chi connectivity index (χ1n) is 25.8. The zero-order valence-electron chi connectivity index (χ0n) is 43.3. The predicted octanol–water partition coefficient (Wildman–Crippen LogP) is 6.60. The highest BCUT2D eigenvalue weighted by atomic mass is 16.6. The van der Waals surface area contributed by atoms with Crippen molar-refractivity contribution in [3.63, 3.8) is 0 Å². The quantitative estimate of drug-likeness (QED) is 0.134. The summed E-state index contributed by atoms with van der Waals surface area (Å²) in [6, 6.07) is 16.7. The number of urea groups is 1. The van der Waals surface area contributed by atoms with Gasteiger partial charge in [-0.2, -0.15) is 9.59 Å². The van der Waals surface area contributed by atoms with E-state index in [2.05, 4.69) is 120 Å². The van der Waals surface area contributed by atoms with E-state index in [1.165, 1.54) is 41.8 Å². The number of esters is 2. The number of hydrogen-bond donors (Lipinski definition) is 3. The van der Waals surface area contributed by atoms with E-state index in [-0.39, 0.29) is 24.1 Å². The van der Waals surface area contributed by atoms with E-state index in [0.29, 0.717) is 25.9 Å². The largest absolute Gasteiger partial charge is 0.496 e. The maximum Gasteiger partial charge on any atom is 0.373 e. The molecule has 0 radical (unpaired) electrons. The molecule has 2 bridgehead atoms. The van der Waals surface area contributed by atoms with Crippen molar-refractivity contribution in [2.45, 2.75) is 133 Å². The number of anilines is 1. The van der Waals surface area contributed by atoms with Crippen LogP contribution in [-0.4, -0.2) is 132 Å². The van der Waals surface area contributed by atoms with Crippen molar-refractivity contribution in [1.29, 1.82) is 0 Å². The van der Waals surface area contributed by atoms with E-state index in [1.54, 1.807) is 7.11 Å². The third kappa shape index (κ3) is 7.11. The van der Waals surface area contributed by atoms with Crippen molar-refractivity contribution in [3.05, 3.63) is 105 Å². The molecule has 1 aliphatic carbocycles. The molecule has 3 N–H and O–H groups in total. The van der Waals surface area contributed by atoms with Crippen molar-refractivity contribution in [2.24, 2.45) is 11.3 Å². The van der Waals surface area contributed by atoms with Crippen molar-refractivity contribution in [1.82, 2.24) is 25.0 Å². The number of para-hydroxylation sites is 1. The number of likely N-dealkylation sites (N-methyl/N-ethyl adjacent to an activating group) is 1. The summed E-state index contributed by atoms with van der Waals surface area (Å²) in [7, 11) is 5.00. The molecule has 2 unspecified atom stereocenters. The van der Waals surface area contributed by atoms with E-state index in [0.717, 1.165) is 97.6 Å². The molecular weight excluding hydrogens is 913 g/mol. The van der Waals surface area contributed by atoms with Crippen LogP contribution >= 0.6 is 0 Å². The minimum absolute atomic E-state index is 0.0202. The summed E-state index contributed by atoms with van der Waals surface area (Å²) >= 11 is 0. The zero-order chi connectivity index (χ0) is 51.3. The van der Waals surface area contributed by atoms with Crippen molar-refractivity contribution in [2.75, 3.05) is 58.9 Å². The highest BCUT2D eigenvalue weighted by Gasteiger charge is 2.80. The number of ether oxygens (including phenoxy) is 3. The monoisotopic (exact) mass is 983 g/mol. The molecule has 3 fully saturated rings. The number of amides is 2. The number of methoxy groups -OCH3 is 2. The van der Waals surface area contributed by atoms with Crippen LogP contribution in [0.5, 0.6) is 5.75 Å². The first-order chi connectivity index (χ1) is 34.4. The summed E-state index contributed by atoms with van der Waals surface area (Å²) in [6.07, 6.45) is 7.91. The first-order valence-corrected chi connectivity index (χ1v) is 25.8. The van der Waals surface area contributed by atoms with Gasteiger partial charge in [0.1, 0.15) is 5.75 Å². The average Bonchev–Trinajstić information content (AvgIpc) is 4.13. The van der Waals surface area contributed by atoms with Crippen LogP contribution in [0.1, 0.15) is 104 Å². The van der Waals surface area contributed by atoms with Crippen molar-refractivity contribution < 1.29 is 43.3 Å². The van der Waals surface area contributed by atoms with Crippen LogP contribution < -0.4 is 15.0 Å². The van der Waals surface area contributed by atoms with Gasteiger partial charge in [0.15, 0.2) is 6.10 Å². The number of nitrogens with one attached hydrogen (secondary N) is 2. The summed E-state index contributed by atoms with van der Waals surface area (Å²) in [5.74, 6) is -0.257. The first kappa shape index (κ1) is 49.6. The number of H-pyrrole nitrogens is 1. The Labute approximate surface area is 422 Å². The molecule has 1 saturated carbocycles. The van der Waals surface area contributed by atoms with E-state index in [1.807, 2.05) is 11.9 Å². The van der Waals surface area contributed by atoms with Gasteiger partial charge >= 0.3 is 24.1 Å². The van der Waals surface area contributed by atoms with E-state index in [4.69, 9.17) is 23.8 Å². The second kappa shape index (κ2) is 17.9. The number of fused-ring (bicyclic) bond motifs is 7. The fourth-order valence-electron chi connectivity index (χ4n) is 15.9. The SMILES string of the molecule is CCC1(NC(=O)N2Cc3cc(C)c(OC)cc3C2)C[C@H]2CN(CCc3c([nH]c4ccccc34)[C@@](C)(c3cc4c(cc3C)N(C)[C@H]3[C@@](O)(C(=O)OC)[C@H](OC(C)=O)[C@]5(CC)C=CCN6CC[C@]43[C@@H]65)C2)C1.O=C=O. The Morgan fingerprint density at radius 1 is 0.944 bits per heavy atom. The molecule has 1 spiro atoms. The van der Waals surface area contributed by atoms with Gasteiger partial charge in [0.25, 0.3) is 0 Å². The van der Waals surface area contributed by atoms with Gasteiger partial charge in [-0.25, -0.2) is 9.59 Å². The highest BCUT2D eigenvalue weighted by Crippen LogP contribution is 2.68. The lowest BCUT2D eigenvalue weighted by atomic mass is 9.47. The lowest BCUT2D eigenvalue weighted by Crippen LogP contribution is -2.81. The van der Waals surface area contributed by atoms with Crippen LogP contribution in [0.3, 0.4) is 0 Å². The van der Waals surface area contributed by atoms with E-state index >= 15 is 0 Å². The minimum Gasteiger partial charge on any atom is -0.496 e. The van der Waals surface area contributed by atoms with Gasteiger partial charge in [-0.1, -0.05) is 56.3 Å². The number of carbonyl (C=O) groups is 3. The third-order valence-electron chi connectivity index (χ3n) is 18.6. The molecule has 10 atom stereocenters. The predicted molar refractivity (Wildman–Crippen MR) is 271 cm³/mol. The second-order valence-corrected chi connectivity index (χ2v) is 22.3. The second-order valence-electron chi connectivity index (χ2n) is 22.3. The van der Waals surface area contributed by atoms with E-state index < -0.39 is 51.5 Å². The Bertz CT molecular complexity index is 2930. The van der Waals surface area contributed by atoms with Crippen LogP contribution in [0.4, 0.5) is 10.5 Å². The van der Waals surface area contributed by atoms with Gasteiger partial charge < -0.3 is 44.3 Å². The Balaban J connectivity index is 0.00000194. The number of benzene rings is 3. The molecule has 2 saturated heterocycles. The van der Waals surface area contributed by atoms with Crippen molar-refractivity contribution in [3.8, 4) is 5.75 Å². The number of aryl methyl sites for hydroxylation is 2. The average molecular weight is 983 g/mol. The van der Waals surface area contributed by atoms with Gasteiger partial charge in [0.2, 0.25) is 5.60 Å². The molecule has 2 amide bonds. The van der Waals surface area contributed by atoms with Gasteiger partial charge in [-0.3, -0.25) is 9.69 Å². The molecule has 72 heavy (non-hydrogen) atoms. The smallest absolute Gasteiger partial charge is 0.373 e. The van der Waals surface area contributed by atoms with Gasteiger partial charge in [0, 0.05) is 97.8 Å². The number of rotatable bonds is 7. The number of carbonyl (C=O) groups excluding carboxylic acids is 5. The number of piperidine rings is 1. The normalized spacial score (nSPS) is 32.8. The Kier molecular flexibility index (Phi) is 12.3. The molecule has 4 aromatic rings. The number of hydrogen-bond acceptors (Lipinski definition) is 12. The summed E-state index contributed by atoms with van der Waals surface area (Å²) < 4.78 is 17.4. The van der Waals surface area contributed by atoms with Gasteiger partial charge in [0.05, 0.1) is 25.8 Å². The summed E-state index contributed by atoms with van der Waals surface area (Å²) in [6.45, 7) is 17.6. The third-order valence-corrected chi connectivity index (χ3v) is 18.6. The standard InChI is InChI=1S/C56H70N6O7.CO2/c1-10-53(58-51(65)62-30-37-23-34(4)45(67-8)25-38(37)31-62)28-36-27-52(6,46-40(17-21-60(29-36)32-53)39-15-12-13-16-43(39)57-46)41-26-42-44(24-33(41)3)59(7)48-55(42)19-22-61-20-14-18-54(11-2,47(55)61)49(69-35(5)63)56(48,66)50(64)68-9;2-1-3/h12-16,18,23-26,36,47-49,57,66H,10-11,17,19-22,27-32H2,1-9H3,(H,58,65);/t36-,47-,48+,49+,52+,53?,54+,55+,56-;/m0./s1. The van der Waals surface area contributed by atoms with Crippen LogP contribution in [0, 0.1) is 25.2 Å². The fourth-order valence-corrected chi connectivity index (χ4v) is 15.9. The van der Waals surface area contributed by atoms with Crippen LogP contribution in [0.15, 0.2) is 60.7 Å². The van der Waals surface area contributed by atoms with Gasteiger partial charge in [-0.15, -0.1) is 0 Å². The lowest BCUT2D eigenvalue weighted by molar-refractivity contribution is -0.228. The molecule has 7 aliphatic rings. The molecule has 382 valence electrons. The summed E-state index contributed by atoms with van der Waals surface area (Å²) in [5, 5.41) is 18.4. The summed E-state index contributed by atoms with van der Waals surface area (Å²) in [5.41, 5.74) is 6.76. The van der Waals surface area contributed by atoms with Crippen LogP contribution in [0.2, 0.25) is 0 Å². The number of aliphatic hydroxyl groups is 1. The Morgan fingerprint density at radius 2 is 1.68 bits per heavy atom. The molecular formula is C57H70N6O9. The molecule has 11 rings (SSSR count). The molecule has 15 nitrogen and oxygen atoms in total.